The highest BCUT2D eigenvalue weighted by molar-refractivity contribution is 5.70. The van der Waals surface area contributed by atoms with Gasteiger partial charge in [0.25, 0.3) is 0 Å². The van der Waals surface area contributed by atoms with E-state index in [1.165, 1.54) is 38.5 Å². The SMILES string of the molecule is C/C(=C\C=C\C(C)(C)COC(=O)N1CCCC1)[C@H]1OC(=O)C[C@H](O)CC[C@@](C)(O)[C@H](OC(=O)N2CCN(C3CCCCCC3)CC2)/C=C\[C@@H]1C. The number of likely N-dealkylation sites (tertiary alicyclic amines) is 1. The molecule has 4 aliphatic rings. The smallest absolute Gasteiger partial charge is 0.410 e. The molecule has 0 radical (unpaired) electrons. The quantitative estimate of drug-likeness (QED) is 0.108. The first-order chi connectivity index (χ1) is 23.7. The summed E-state index contributed by atoms with van der Waals surface area (Å²) in [5, 5.41) is 22.2. The molecule has 5 atom stereocenters. The average Bonchev–Trinajstić information content (AvgIpc) is 3.49. The van der Waals surface area contributed by atoms with E-state index in [9.17, 15) is 24.6 Å². The van der Waals surface area contributed by atoms with E-state index >= 15 is 0 Å². The van der Waals surface area contributed by atoms with Crippen molar-refractivity contribution < 1.29 is 38.8 Å². The van der Waals surface area contributed by atoms with Crippen LogP contribution in [0.2, 0.25) is 0 Å². The second-order valence-electron chi connectivity index (χ2n) is 15.9. The molecule has 3 heterocycles. The summed E-state index contributed by atoms with van der Waals surface area (Å²) in [6.07, 6.45) is 15.5. The number of nitrogens with zero attached hydrogens (tertiary/aromatic N) is 3. The maximum absolute atomic E-state index is 13.5. The molecule has 3 fully saturated rings. The number of cyclic esters (lactones) is 1. The number of esters is 1. The Bertz CT molecular complexity index is 1210. The lowest BCUT2D eigenvalue weighted by atomic mass is 9.88. The number of hydrogen-bond donors (Lipinski definition) is 2. The standard InChI is InChI=1S/C39H63N3O8/c1-29(13-12-19-38(3,4)28-48-36(45)41-21-10-11-22-41)35-30(2)16-17-33(39(5,47)20-18-32(43)27-34(44)50-35)49-37(46)42-25-23-40(24-26-42)31-14-8-6-7-9-15-31/h12-13,16-17,19,30-33,35,43,47H,6-11,14-15,18,20-28H2,1-5H3/b17-16-,19-12+,29-13+/t30-,32+,33+,35+,39+/m0/s1. The molecule has 0 aromatic rings. The topological polar surface area (TPSA) is 129 Å². The van der Waals surface area contributed by atoms with Crippen molar-refractivity contribution in [2.24, 2.45) is 11.3 Å². The number of rotatable bonds is 7. The summed E-state index contributed by atoms with van der Waals surface area (Å²) >= 11 is 0. The van der Waals surface area contributed by atoms with Crippen LogP contribution in [-0.2, 0) is 19.0 Å². The molecule has 2 saturated heterocycles. The number of aliphatic hydroxyl groups is 2. The van der Waals surface area contributed by atoms with E-state index in [1.54, 1.807) is 22.8 Å². The molecule has 0 aromatic carbocycles. The van der Waals surface area contributed by atoms with Crippen LogP contribution in [0, 0.1) is 11.3 Å². The van der Waals surface area contributed by atoms with Crippen LogP contribution in [0.15, 0.2) is 36.0 Å². The lowest BCUT2D eigenvalue weighted by Gasteiger charge is -2.40. The van der Waals surface area contributed by atoms with Gasteiger partial charge in [-0.25, -0.2) is 9.59 Å². The van der Waals surface area contributed by atoms with E-state index in [0.717, 1.165) is 44.6 Å². The summed E-state index contributed by atoms with van der Waals surface area (Å²) in [4.78, 5) is 44.7. The summed E-state index contributed by atoms with van der Waals surface area (Å²) < 4.78 is 17.5. The van der Waals surface area contributed by atoms with Crippen LogP contribution in [-0.4, -0.2) is 119 Å². The van der Waals surface area contributed by atoms with Crippen molar-refractivity contribution >= 4 is 18.2 Å². The number of carbonyl (C=O) groups excluding carboxylic acids is 3. The van der Waals surface area contributed by atoms with Crippen molar-refractivity contribution in [2.45, 2.75) is 135 Å². The van der Waals surface area contributed by atoms with Crippen LogP contribution >= 0.6 is 0 Å². The fraction of sp³-hybridized carbons (Fsp3) is 0.769. The molecule has 0 bridgehead atoms. The highest BCUT2D eigenvalue weighted by atomic mass is 16.6. The van der Waals surface area contributed by atoms with Gasteiger partial charge in [0.2, 0.25) is 0 Å². The van der Waals surface area contributed by atoms with Crippen LogP contribution in [0.5, 0.6) is 0 Å². The van der Waals surface area contributed by atoms with Crippen LogP contribution in [0.1, 0.15) is 105 Å². The third kappa shape index (κ3) is 12.1. The number of amides is 2. The van der Waals surface area contributed by atoms with E-state index in [2.05, 4.69) is 4.90 Å². The van der Waals surface area contributed by atoms with Gasteiger partial charge >= 0.3 is 18.2 Å². The molecule has 2 N–H and O–H groups in total. The maximum atomic E-state index is 13.5. The van der Waals surface area contributed by atoms with Crippen molar-refractivity contribution in [3.63, 3.8) is 0 Å². The molecule has 1 aliphatic carbocycles. The summed E-state index contributed by atoms with van der Waals surface area (Å²) in [7, 11) is 0. The molecule has 11 nitrogen and oxygen atoms in total. The summed E-state index contributed by atoms with van der Waals surface area (Å²) in [5.74, 6) is -0.866. The largest absolute Gasteiger partial charge is 0.457 e. The summed E-state index contributed by atoms with van der Waals surface area (Å²) in [6.45, 7) is 13.8. The van der Waals surface area contributed by atoms with E-state index in [0.29, 0.717) is 19.1 Å². The first-order valence-corrected chi connectivity index (χ1v) is 19.0. The van der Waals surface area contributed by atoms with Gasteiger partial charge in [0, 0.05) is 56.6 Å². The molecular weight excluding hydrogens is 638 g/mol. The van der Waals surface area contributed by atoms with E-state index < -0.39 is 41.4 Å². The Labute approximate surface area is 299 Å². The lowest BCUT2D eigenvalue weighted by Crippen LogP contribution is -2.53. The molecule has 2 amide bonds. The van der Waals surface area contributed by atoms with E-state index in [-0.39, 0.29) is 37.9 Å². The van der Waals surface area contributed by atoms with Gasteiger partial charge in [-0.15, -0.1) is 0 Å². The van der Waals surface area contributed by atoms with Crippen molar-refractivity contribution in [1.29, 1.82) is 0 Å². The van der Waals surface area contributed by atoms with Gasteiger partial charge in [0.05, 0.1) is 12.5 Å². The second kappa shape index (κ2) is 18.6. The molecule has 3 aliphatic heterocycles. The lowest BCUT2D eigenvalue weighted by molar-refractivity contribution is -0.151. The predicted molar refractivity (Wildman–Crippen MR) is 192 cm³/mol. The van der Waals surface area contributed by atoms with Gasteiger partial charge in [-0.05, 0) is 64.0 Å². The molecule has 11 heteroatoms. The van der Waals surface area contributed by atoms with E-state index in [4.69, 9.17) is 14.2 Å². The number of ether oxygens (including phenoxy) is 3. The Morgan fingerprint density at radius 2 is 1.60 bits per heavy atom. The number of aliphatic hydroxyl groups excluding tert-OH is 1. The number of allylic oxidation sites excluding steroid dienone is 2. The third-order valence-corrected chi connectivity index (χ3v) is 10.8. The summed E-state index contributed by atoms with van der Waals surface area (Å²) in [6, 6.07) is 0.587. The number of carbonyl (C=O) groups is 3. The van der Waals surface area contributed by atoms with Crippen LogP contribution in [0.3, 0.4) is 0 Å². The number of piperazine rings is 1. The van der Waals surface area contributed by atoms with Crippen molar-refractivity contribution in [2.75, 3.05) is 45.9 Å². The van der Waals surface area contributed by atoms with Gasteiger partial charge in [0.15, 0.2) is 6.10 Å². The van der Waals surface area contributed by atoms with Crippen molar-refractivity contribution in [3.05, 3.63) is 36.0 Å². The zero-order chi connectivity index (χ0) is 36.3. The highest BCUT2D eigenvalue weighted by Gasteiger charge is 2.37. The van der Waals surface area contributed by atoms with Crippen molar-refractivity contribution in [1.82, 2.24) is 14.7 Å². The molecular formula is C39H63N3O8. The molecule has 0 spiro atoms. The Balaban J connectivity index is 1.42. The monoisotopic (exact) mass is 701 g/mol. The van der Waals surface area contributed by atoms with Crippen LogP contribution in [0.25, 0.3) is 0 Å². The van der Waals surface area contributed by atoms with Gasteiger partial charge in [-0.1, -0.05) is 70.8 Å². The minimum absolute atomic E-state index is 0.129. The third-order valence-electron chi connectivity index (χ3n) is 10.8. The minimum atomic E-state index is -1.47. The summed E-state index contributed by atoms with van der Waals surface area (Å²) in [5.41, 5.74) is -1.12. The first-order valence-electron chi connectivity index (χ1n) is 19.0. The Kier molecular flexibility index (Phi) is 14.8. The molecule has 0 aromatic heterocycles. The Morgan fingerprint density at radius 3 is 2.26 bits per heavy atom. The number of hydrogen-bond acceptors (Lipinski definition) is 9. The van der Waals surface area contributed by atoms with Gasteiger partial charge in [-0.2, -0.15) is 0 Å². The molecule has 282 valence electrons. The Morgan fingerprint density at radius 1 is 0.960 bits per heavy atom. The highest BCUT2D eigenvalue weighted by Crippen LogP contribution is 2.29. The van der Waals surface area contributed by atoms with Gasteiger partial charge in [0.1, 0.15) is 18.3 Å². The Hall–Kier alpha value is -2.89. The first kappa shape index (κ1) is 39.9. The zero-order valence-electron chi connectivity index (χ0n) is 31.2. The average molecular weight is 702 g/mol. The molecule has 50 heavy (non-hydrogen) atoms. The van der Waals surface area contributed by atoms with E-state index in [1.807, 2.05) is 52.0 Å². The van der Waals surface area contributed by atoms with Crippen LogP contribution < -0.4 is 0 Å². The van der Waals surface area contributed by atoms with Gasteiger partial charge in [-0.3, -0.25) is 9.69 Å². The second-order valence-corrected chi connectivity index (χ2v) is 15.9. The molecule has 1 saturated carbocycles. The normalized spacial score (nSPS) is 31.0. The maximum Gasteiger partial charge on any atom is 0.410 e. The predicted octanol–water partition coefficient (Wildman–Crippen LogP) is 5.99. The van der Waals surface area contributed by atoms with Gasteiger partial charge < -0.3 is 34.2 Å². The van der Waals surface area contributed by atoms with Crippen LogP contribution in [0.4, 0.5) is 9.59 Å². The fourth-order valence-electron chi connectivity index (χ4n) is 7.37. The molecule has 4 rings (SSSR count). The minimum Gasteiger partial charge on any atom is -0.457 e. The molecule has 0 unspecified atom stereocenters. The fourth-order valence-corrected chi connectivity index (χ4v) is 7.37. The zero-order valence-corrected chi connectivity index (χ0v) is 31.2. The van der Waals surface area contributed by atoms with Crippen molar-refractivity contribution in [3.8, 4) is 0 Å².